The first-order chi connectivity index (χ1) is 9.42. The molecule has 0 unspecified atom stereocenters. The van der Waals surface area contributed by atoms with E-state index < -0.39 is 5.41 Å². The Labute approximate surface area is 121 Å². The average Bonchev–Trinajstić information content (AvgIpc) is 2.86. The van der Waals surface area contributed by atoms with E-state index in [9.17, 15) is 4.79 Å². The van der Waals surface area contributed by atoms with Gasteiger partial charge < -0.3 is 11.1 Å². The summed E-state index contributed by atoms with van der Waals surface area (Å²) in [6.45, 7) is 3.69. The molecule has 3 N–H and O–H groups in total. The SMILES string of the molecule is CC(C)(C#N)c1ccc(NC(=O)c2csc(N)n2)cc1. The van der Waals surface area contributed by atoms with Crippen molar-refractivity contribution in [1.82, 2.24) is 4.98 Å². The van der Waals surface area contributed by atoms with Crippen LogP contribution in [0.1, 0.15) is 29.9 Å². The molecule has 20 heavy (non-hydrogen) atoms. The quantitative estimate of drug-likeness (QED) is 0.907. The number of carbonyl (C=O) groups is 1. The fraction of sp³-hybridized carbons (Fsp3) is 0.214. The van der Waals surface area contributed by atoms with Crippen LogP contribution >= 0.6 is 11.3 Å². The molecule has 1 aromatic carbocycles. The summed E-state index contributed by atoms with van der Waals surface area (Å²) in [5.41, 5.74) is 6.79. The Bertz CT molecular complexity index is 667. The molecule has 2 rings (SSSR count). The van der Waals surface area contributed by atoms with Gasteiger partial charge in [0.05, 0.1) is 11.5 Å². The Morgan fingerprint density at radius 3 is 2.55 bits per heavy atom. The lowest BCUT2D eigenvalue weighted by molar-refractivity contribution is 0.102. The first kappa shape index (κ1) is 14.0. The van der Waals surface area contributed by atoms with Crippen LogP contribution in [0.4, 0.5) is 10.8 Å². The Morgan fingerprint density at radius 1 is 1.40 bits per heavy atom. The monoisotopic (exact) mass is 286 g/mol. The zero-order valence-corrected chi connectivity index (χ0v) is 12.0. The second kappa shape index (κ2) is 5.31. The molecule has 5 nitrogen and oxygen atoms in total. The first-order valence-electron chi connectivity index (χ1n) is 5.96. The zero-order valence-electron chi connectivity index (χ0n) is 11.2. The van der Waals surface area contributed by atoms with Crippen molar-refractivity contribution in [2.45, 2.75) is 19.3 Å². The highest BCUT2D eigenvalue weighted by Gasteiger charge is 2.19. The summed E-state index contributed by atoms with van der Waals surface area (Å²) in [6.07, 6.45) is 0. The summed E-state index contributed by atoms with van der Waals surface area (Å²) in [7, 11) is 0. The lowest BCUT2D eigenvalue weighted by Crippen LogP contribution is -2.15. The molecule has 0 bridgehead atoms. The predicted molar refractivity (Wildman–Crippen MR) is 79.6 cm³/mol. The van der Waals surface area contributed by atoms with Crippen LogP contribution in [0.25, 0.3) is 0 Å². The van der Waals surface area contributed by atoms with E-state index in [4.69, 9.17) is 11.0 Å². The van der Waals surface area contributed by atoms with Crippen LogP contribution in [0.5, 0.6) is 0 Å². The van der Waals surface area contributed by atoms with Gasteiger partial charge in [-0.05, 0) is 31.5 Å². The Kier molecular flexibility index (Phi) is 3.72. The van der Waals surface area contributed by atoms with Crippen molar-refractivity contribution in [2.75, 3.05) is 11.1 Å². The largest absolute Gasteiger partial charge is 0.375 e. The highest BCUT2D eigenvalue weighted by molar-refractivity contribution is 7.13. The van der Waals surface area contributed by atoms with Crippen molar-refractivity contribution in [2.24, 2.45) is 0 Å². The van der Waals surface area contributed by atoms with Crippen LogP contribution in [0.2, 0.25) is 0 Å². The lowest BCUT2D eigenvalue weighted by atomic mass is 9.86. The summed E-state index contributed by atoms with van der Waals surface area (Å²) in [6, 6.07) is 9.42. The number of nitrogens with zero attached hydrogens (tertiary/aromatic N) is 2. The number of rotatable bonds is 3. The lowest BCUT2D eigenvalue weighted by Gasteiger charge is -2.16. The number of amides is 1. The van der Waals surface area contributed by atoms with E-state index in [1.54, 1.807) is 17.5 Å². The number of hydrogen-bond donors (Lipinski definition) is 2. The standard InChI is InChI=1S/C14H14N4OS/c1-14(2,8-15)9-3-5-10(6-4-9)17-12(19)11-7-20-13(16)18-11/h3-7H,1-2H3,(H2,16,18)(H,17,19). The maximum atomic E-state index is 11.9. The van der Waals surface area contributed by atoms with E-state index in [0.717, 1.165) is 5.56 Å². The van der Waals surface area contributed by atoms with Gasteiger partial charge in [0, 0.05) is 11.1 Å². The van der Waals surface area contributed by atoms with E-state index in [1.165, 1.54) is 11.3 Å². The summed E-state index contributed by atoms with van der Waals surface area (Å²) >= 11 is 1.22. The molecular formula is C14H14N4OS. The smallest absolute Gasteiger partial charge is 0.275 e. The zero-order chi connectivity index (χ0) is 14.8. The number of hydrogen-bond acceptors (Lipinski definition) is 5. The molecule has 0 saturated heterocycles. The van der Waals surface area contributed by atoms with E-state index >= 15 is 0 Å². The number of benzene rings is 1. The molecule has 102 valence electrons. The molecule has 6 heteroatoms. The van der Waals surface area contributed by atoms with Crippen molar-refractivity contribution in [1.29, 1.82) is 5.26 Å². The van der Waals surface area contributed by atoms with E-state index in [2.05, 4.69) is 16.4 Å². The maximum absolute atomic E-state index is 11.9. The third-order valence-corrected chi connectivity index (χ3v) is 3.57. The molecule has 0 atom stereocenters. The van der Waals surface area contributed by atoms with E-state index in [0.29, 0.717) is 16.5 Å². The molecule has 1 heterocycles. The number of carbonyl (C=O) groups excluding carboxylic acids is 1. The van der Waals surface area contributed by atoms with Crippen LogP contribution in [-0.4, -0.2) is 10.9 Å². The second-order valence-corrected chi connectivity index (χ2v) is 5.73. The molecule has 0 aliphatic carbocycles. The maximum Gasteiger partial charge on any atom is 0.275 e. The summed E-state index contributed by atoms with van der Waals surface area (Å²) in [4.78, 5) is 15.8. The normalized spacial score (nSPS) is 10.8. The van der Waals surface area contributed by atoms with Crippen molar-refractivity contribution < 1.29 is 4.79 Å². The second-order valence-electron chi connectivity index (χ2n) is 4.84. The minimum absolute atomic E-state index is 0.300. The molecule has 1 aromatic heterocycles. The fourth-order valence-corrected chi connectivity index (χ4v) is 2.16. The summed E-state index contributed by atoms with van der Waals surface area (Å²) in [5.74, 6) is -0.301. The Hall–Kier alpha value is -2.39. The van der Waals surface area contributed by atoms with Crippen LogP contribution < -0.4 is 11.1 Å². The number of thiazole rings is 1. The minimum atomic E-state index is -0.550. The number of nitrogens with one attached hydrogen (secondary N) is 1. The van der Waals surface area contributed by atoms with E-state index in [-0.39, 0.29) is 5.91 Å². The van der Waals surface area contributed by atoms with Crippen LogP contribution in [0.3, 0.4) is 0 Å². The Balaban J connectivity index is 2.12. The van der Waals surface area contributed by atoms with Gasteiger partial charge in [-0.1, -0.05) is 12.1 Å². The average molecular weight is 286 g/mol. The van der Waals surface area contributed by atoms with Crippen LogP contribution in [0.15, 0.2) is 29.6 Å². The van der Waals surface area contributed by atoms with Crippen molar-refractivity contribution in [3.8, 4) is 6.07 Å². The highest BCUT2D eigenvalue weighted by atomic mass is 32.1. The third-order valence-electron chi connectivity index (χ3n) is 2.90. The van der Waals surface area contributed by atoms with Gasteiger partial charge in [0.15, 0.2) is 5.13 Å². The molecule has 1 amide bonds. The van der Waals surface area contributed by atoms with Crippen molar-refractivity contribution in [3.63, 3.8) is 0 Å². The summed E-state index contributed by atoms with van der Waals surface area (Å²) in [5, 5.41) is 13.8. The topological polar surface area (TPSA) is 91.8 Å². The molecule has 0 saturated carbocycles. The van der Waals surface area contributed by atoms with Gasteiger partial charge in [-0.15, -0.1) is 11.3 Å². The van der Waals surface area contributed by atoms with E-state index in [1.807, 2.05) is 26.0 Å². The minimum Gasteiger partial charge on any atom is -0.375 e. The highest BCUT2D eigenvalue weighted by Crippen LogP contribution is 2.23. The van der Waals surface area contributed by atoms with Crippen LogP contribution in [0, 0.1) is 11.3 Å². The van der Waals surface area contributed by atoms with Gasteiger partial charge >= 0.3 is 0 Å². The van der Waals surface area contributed by atoms with Gasteiger partial charge in [-0.2, -0.15) is 5.26 Å². The van der Waals surface area contributed by atoms with Gasteiger partial charge in [0.2, 0.25) is 0 Å². The van der Waals surface area contributed by atoms with Crippen LogP contribution in [-0.2, 0) is 5.41 Å². The molecule has 2 aromatic rings. The molecule has 0 aliphatic rings. The van der Waals surface area contributed by atoms with Gasteiger partial charge in [-0.25, -0.2) is 4.98 Å². The summed E-state index contributed by atoms with van der Waals surface area (Å²) < 4.78 is 0. The molecule has 0 radical (unpaired) electrons. The Morgan fingerprint density at radius 2 is 2.05 bits per heavy atom. The van der Waals surface area contributed by atoms with Gasteiger partial charge in [0.25, 0.3) is 5.91 Å². The molecular weight excluding hydrogens is 272 g/mol. The van der Waals surface area contributed by atoms with Gasteiger partial charge in [-0.3, -0.25) is 4.79 Å². The fourth-order valence-electron chi connectivity index (χ4n) is 1.62. The number of anilines is 2. The molecule has 0 spiro atoms. The number of nitrogen functional groups attached to an aromatic ring is 1. The number of nitrogens with two attached hydrogens (primary N) is 1. The molecule has 0 aliphatic heterocycles. The number of aromatic nitrogens is 1. The number of nitriles is 1. The predicted octanol–water partition coefficient (Wildman–Crippen LogP) is 2.78. The van der Waals surface area contributed by atoms with Gasteiger partial charge in [0.1, 0.15) is 5.69 Å². The third kappa shape index (κ3) is 2.95. The van der Waals surface area contributed by atoms with Crippen molar-refractivity contribution in [3.05, 3.63) is 40.9 Å². The first-order valence-corrected chi connectivity index (χ1v) is 6.84. The van der Waals surface area contributed by atoms with Crippen molar-refractivity contribution >= 4 is 28.1 Å². The molecule has 0 fully saturated rings.